The van der Waals surface area contributed by atoms with Crippen LogP contribution < -0.4 is 25.4 Å². The summed E-state index contributed by atoms with van der Waals surface area (Å²) in [6.07, 6.45) is -1.58. The highest BCUT2D eigenvalue weighted by Gasteiger charge is 2.48. The first-order valence-electron chi connectivity index (χ1n) is 15.7. The molecule has 3 N–H and O–H groups in total. The fraction of sp³-hybridized carbons (Fsp3) is 0.581. The van der Waals surface area contributed by atoms with E-state index in [0.29, 0.717) is 31.6 Å². The number of halogens is 5. The summed E-state index contributed by atoms with van der Waals surface area (Å²) in [5, 5.41) is 3.37. The van der Waals surface area contributed by atoms with E-state index in [9.17, 15) is 13.2 Å². The van der Waals surface area contributed by atoms with Gasteiger partial charge in [-0.15, -0.1) is 0 Å². The molecule has 2 bridgehead atoms. The van der Waals surface area contributed by atoms with Crippen molar-refractivity contribution in [3.63, 3.8) is 0 Å². The molecule has 5 aliphatic heterocycles. The minimum atomic E-state index is -4.88. The van der Waals surface area contributed by atoms with E-state index in [4.69, 9.17) is 36.5 Å². The summed E-state index contributed by atoms with van der Waals surface area (Å²) in [7, 11) is 0. The van der Waals surface area contributed by atoms with Crippen LogP contribution in [-0.4, -0.2) is 89.1 Å². The van der Waals surface area contributed by atoms with Gasteiger partial charge in [-0.3, -0.25) is 4.90 Å². The second-order valence-electron chi connectivity index (χ2n) is 13.0. The van der Waals surface area contributed by atoms with E-state index in [0.717, 1.165) is 38.3 Å². The zero-order valence-electron chi connectivity index (χ0n) is 25.3. The number of pyridine rings is 1. The van der Waals surface area contributed by atoms with Crippen LogP contribution in [0.15, 0.2) is 6.07 Å². The van der Waals surface area contributed by atoms with Crippen molar-refractivity contribution in [3.05, 3.63) is 28.0 Å². The van der Waals surface area contributed by atoms with Crippen molar-refractivity contribution in [2.45, 2.75) is 82.0 Å². The fourth-order valence-corrected chi connectivity index (χ4v) is 8.46. The highest BCUT2D eigenvalue weighted by Crippen LogP contribution is 2.49. The average Bonchev–Trinajstić information content (AvgIpc) is 3.57. The zero-order valence-corrected chi connectivity index (χ0v) is 26.1. The number of nitrogens with one attached hydrogen (secondary N) is 1. The Morgan fingerprint density at radius 2 is 2.00 bits per heavy atom. The summed E-state index contributed by atoms with van der Waals surface area (Å²) in [6, 6.07) is 1.56. The van der Waals surface area contributed by atoms with Gasteiger partial charge in [0, 0.05) is 42.8 Å². The Labute approximate surface area is 267 Å². The Kier molecular flexibility index (Phi) is 7.16. The second kappa shape index (κ2) is 10.9. The van der Waals surface area contributed by atoms with E-state index in [1.165, 1.54) is 6.92 Å². The summed E-state index contributed by atoms with van der Waals surface area (Å²) in [5.41, 5.74) is 2.99. The molecule has 0 amide bonds. The molecule has 46 heavy (non-hydrogen) atoms. The van der Waals surface area contributed by atoms with Gasteiger partial charge in [-0.2, -0.15) is 23.1 Å². The number of ether oxygens (including phenoxy) is 3. The van der Waals surface area contributed by atoms with Crippen LogP contribution in [0.5, 0.6) is 11.9 Å². The molecule has 5 aliphatic rings. The van der Waals surface area contributed by atoms with Crippen molar-refractivity contribution in [3.8, 4) is 23.1 Å². The number of hydrogen-bond acceptors (Lipinski definition) is 10. The van der Waals surface area contributed by atoms with Gasteiger partial charge in [0.1, 0.15) is 35.1 Å². The summed E-state index contributed by atoms with van der Waals surface area (Å²) >= 11 is 6.43. The van der Waals surface area contributed by atoms with Crippen LogP contribution in [0.1, 0.15) is 43.7 Å². The number of nitrogens with zero attached hydrogens (tertiary/aromatic N) is 5. The monoisotopic (exact) mass is 663 g/mol. The van der Waals surface area contributed by atoms with Crippen LogP contribution in [0, 0.1) is 12.7 Å². The number of nitrogens with two attached hydrogens (primary N) is 1. The van der Waals surface area contributed by atoms with E-state index < -0.39 is 39.9 Å². The predicted octanol–water partition coefficient (Wildman–Crippen LogP) is 4.73. The third kappa shape index (κ3) is 4.74. The number of fused-ring (bicyclic) bond motifs is 6. The van der Waals surface area contributed by atoms with Gasteiger partial charge in [-0.05, 0) is 51.2 Å². The maximum absolute atomic E-state index is 16.9. The predicted molar refractivity (Wildman–Crippen MR) is 163 cm³/mol. The first-order valence-corrected chi connectivity index (χ1v) is 16.1. The van der Waals surface area contributed by atoms with Crippen molar-refractivity contribution in [1.29, 1.82) is 0 Å². The molecule has 0 radical (unpaired) electrons. The highest BCUT2D eigenvalue weighted by atomic mass is 35.5. The number of morpholine rings is 1. The number of alkyl halides is 3. The summed E-state index contributed by atoms with van der Waals surface area (Å²) in [4.78, 5) is 18.2. The normalized spacial score (nSPS) is 29.0. The molecule has 4 saturated heterocycles. The molecule has 0 aliphatic carbocycles. The molecule has 3 aromatic rings. The second-order valence-corrected chi connectivity index (χ2v) is 13.4. The smallest absolute Gasteiger partial charge is 0.417 e. The van der Waals surface area contributed by atoms with Crippen molar-refractivity contribution in [2.75, 3.05) is 43.5 Å². The third-order valence-electron chi connectivity index (χ3n) is 10.2. The van der Waals surface area contributed by atoms with E-state index in [1.54, 1.807) is 0 Å². The third-order valence-corrected chi connectivity index (χ3v) is 10.6. The molecule has 10 nitrogen and oxygen atoms in total. The lowest BCUT2D eigenvalue weighted by atomic mass is 9.96. The van der Waals surface area contributed by atoms with E-state index >= 15 is 4.39 Å². The number of nitrogen functional groups attached to an aromatic ring is 1. The van der Waals surface area contributed by atoms with E-state index in [-0.39, 0.29) is 64.8 Å². The Morgan fingerprint density at radius 1 is 1.17 bits per heavy atom. The molecule has 8 rings (SSSR count). The first-order chi connectivity index (χ1) is 22.0. The highest BCUT2D eigenvalue weighted by molar-refractivity contribution is 6.36. The molecule has 15 heteroatoms. The molecule has 7 heterocycles. The Balaban J connectivity index is 1.31. The molecule has 6 atom stereocenters. The average molecular weight is 664 g/mol. The molecular weight excluding hydrogens is 630 g/mol. The largest absolute Gasteiger partial charge is 0.472 e. The molecular formula is C31H34ClF4N7O3. The minimum absolute atomic E-state index is 0.0636. The zero-order chi connectivity index (χ0) is 32.1. The van der Waals surface area contributed by atoms with Crippen LogP contribution in [0.2, 0.25) is 5.02 Å². The topological polar surface area (TPSA) is 111 Å². The Bertz CT molecular complexity index is 1730. The molecule has 246 valence electrons. The van der Waals surface area contributed by atoms with Gasteiger partial charge in [-0.25, -0.2) is 9.37 Å². The molecule has 0 spiro atoms. The van der Waals surface area contributed by atoms with Gasteiger partial charge >= 0.3 is 12.2 Å². The molecule has 2 aromatic heterocycles. The number of aryl methyl sites for hydroxylation is 1. The fourth-order valence-electron chi connectivity index (χ4n) is 8.23. The van der Waals surface area contributed by atoms with Gasteiger partial charge in [-0.1, -0.05) is 11.6 Å². The number of aromatic nitrogens is 3. The number of anilines is 2. The summed E-state index contributed by atoms with van der Waals surface area (Å²) in [5.74, 6) is -0.768. The van der Waals surface area contributed by atoms with Gasteiger partial charge in [0.2, 0.25) is 5.88 Å². The lowest BCUT2D eigenvalue weighted by Crippen LogP contribution is -2.62. The molecule has 1 aromatic carbocycles. The number of rotatable bonds is 4. The summed E-state index contributed by atoms with van der Waals surface area (Å²) < 4.78 is 78.6. The first kappa shape index (κ1) is 30.2. The Hall–Kier alpha value is -3.20. The van der Waals surface area contributed by atoms with Crippen LogP contribution in [0.25, 0.3) is 22.2 Å². The molecule has 1 unspecified atom stereocenters. The summed E-state index contributed by atoms with van der Waals surface area (Å²) in [6.45, 7) is 6.09. The van der Waals surface area contributed by atoms with Gasteiger partial charge in [0.25, 0.3) is 0 Å². The standard InChI is InChI=1S/C31H34ClF4N7O3/c1-13-9-18(37)23(32)20(22(13)31(34,35)36)25-24(33)26-21-28(41-30(40-26)45-12-17-5-4-16-11-44-8-7-42(16)17)43-10-15-3-6-19(38-15)27(43)14(2)46-29(21)39-25/h9,14-17,19,27,38H,3-8,10-12,37H2,1-2H3/t14-,15+,16-,17-,19-,27?/m0/s1. The SMILES string of the molecule is Cc1cc(N)c(Cl)c(-c2nc3c4c(nc(OC[C@@H]5CC[C@H]6COCCN65)nc4c2F)N2C[C@H]4CC[C@H](N4)C2[C@H](C)O3)c1C(F)(F)F. The number of benzene rings is 1. The van der Waals surface area contributed by atoms with E-state index in [2.05, 4.69) is 25.1 Å². The Morgan fingerprint density at radius 3 is 2.80 bits per heavy atom. The molecule has 4 fully saturated rings. The van der Waals surface area contributed by atoms with Crippen molar-refractivity contribution in [1.82, 2.24) is 25.2 Å². The van der Waals surface area contributed by atoms with Crippen LogP contribution in [0.3, 0.4) is 0 Å². The molecule has 0 saturated carbocycles. The number of piperazine rings is 1. The van der Waals surface area contributed by atoms with Crippen molar-refractivity contribution >= 4 is 34.0 Å². The van der Waals surface area contributed by atoms with Gasteiger partial charge in [0.05, 0.1) is 35.5 Å². The maximum atomic E-state index is 16.9. The lowest BCUT2D eigenvalue weighted by molar-refractivity contribution is -0.137. The van der Waals surface area contributed by atoms with Gasteiger partial charge in [0.15, 0.2) is 5.82 Å². The van der Waals surface area contributed by atoms with Gasteiger partial charge < -0.3 is 30.2 Å². The van der Waals surface area contributed by atoms with Crippen molar-refractivity contribution < 1.29 is 31.8 Å². The van der Waals surface area contributed by atoms with Crippen LogP contribution in [0.4, 0.5) is 29.1 Å². The van der Waals surface area contributed by atoms with Crippen LogP contribution >= 0.6 is 11.6 Å². The minimum Gasteiger partial charge on any atom is -0.472 e. The van der Waals surface area contributed by atoms with Crippen molar-refractivity contribution in [2.24, 2.45) is 0 Å². The number of hydrogen-bond donors (Lipinski definition) is 2. The van der Waals surface area contributed by atoms with Crippen LogP contribution in [-0.2, 0) is 10.9 Å². The quantitative estimate of drug-likeness (QED) is 0.300. The maximum Gasteiger partial charge on any atom is 0.417 e. The van der Waals surface area contributed by atoms with E-state index in [1.807, 2.05) is 6.92 Å². The lowest BCUT2D eigenvalue weighted by Gasteiger charge is -2.42.